The zero-order valence-electron chi connectivity index (χ0n) is 13.1. The fourth-order valence-electron chi connectivity index (χ4n) is 2.09. The van der Waals surface area contributed by atoms with Crippen LogP contribution < -0.4 is 16.0 Å². The van der Waals surface area contributed by atoms with Crippen LogP contribution >= 0.6 is 23.1 Å². The second-order valence-electron chi connectivity index (χ2n) is 4.67. The maximum Gasteiger partial charge on any atom is 0.263 e. The maximum absolute atomic E-state index is 12.2. The van der Waals surface area contributed by atoms with Gasteiger partial charge in [-0.1, -0.05) is 19.9 Å². The molecule has 0 radical (unpaired) electrons. The molecule has 6 heteroatoms. The minimum atomic E-state index is -0.119. The van der Waals surface area contributed by atoms with Crippen LogP contribution in [0.25, 0.3) is 0 Å². The summed E-state index contributed by atoms with van der Waals surface area (Å²) in [5.74, 6) is -0.119. The van der Waals surface area contributed by atoms with Gasteiger partial charge in [0.2, 0.25) is 0 Å². The second-order valence-corrected chi connectivity index (χ2v) is 6.48. The standard InChI is InChI=1S/C15H25N3OS2/c1-5-8-17-14(19)12-11(16)13(20-4)15(21-12)18(9-6-2)10-7-3/h5H,1,6-10,16H2,2-4H3,(H,17,19). The summed E-state index contributed by atoms with van der Waals surface area (Å²) in [6, 6.07) is 0. The number of hydrogen-bond acceptors (Lipinski definition) is 5. The fraction of sp³-hybridized carbons (Fsp3) is 0.533. The zero-order valence-corrected chi connectivity index (χ0v) is 14.7. The lowest BCUT2D eigenvalue weighted by Gasteiger charge is -2.23. The number of anilines is 2. The average molecular weight is 328 g/mol. The largest absolute Gasteiger partial charge is 0.396 e. The van der Waals surface area contributed by atoms with Gasteiger partial charge in [0.25, 0.3) is 5.91 Å². The van der Waals surface area contributed by atoms with Gasteiger partial charge in [-0.2, -0.15) is 0 Å². The number of nitrogens with zero attached hydrogens (tertiary/aromatic N) is 1. The van der Waals surface area contributed by atoms with Crippen LogP contribution in [0.2, 0.25) is 0 Å². The van der Waals surface area contributed by atoms with Crippen molar-refractivity contribution < 1.29 is 4.79 Å². The molecule has 3 N–H and O–H groups in total. The van der Waals surface area contributed by atoms with Gasteiger partial charge in [0.05, 0.1) is 10.6 Å². The number of amides is 1. The molecule has 0 bridgehead atoms. The number of carbonyl (C=O) groups excluding carboxylic acids is 1. The first-order valence-electron chi connectivity index (χ1n) is 7.20. The Kier molecular flexibility index (Phi) is 7.67. The molecular weight excluding hydrogens is 302 g/mol. The summed E-state index contributed by atoms with van der Waals surface area (Å²) < 4.78 is 0. The summed E-state index contributed by atoms with van der Waals surface area (Å²) in [6.07, 6.45) is 5.81. The number of nitrogen functional groups attached to an aromatic ring is 1. The van der Waals surface area contributed by atoms with Crippen molar-refractivity contribution in [3.63, 3.8) is 0 Å². The molecule has 1 amide bonds. The Labute approximate surface area is 135 Å². The lowest BCUT2D eigenvalue weighted by molar-refractivity contribution is 0.0963. The fourth-order valence-corrected chi connectivity index (χ4v) is 4.24. The Balaban J connectivity index is 3.14. The number of nitrogens with one attached hydrogen (secondary N) is 1. The lowest BCUT2D eigenvalue weighted by Crippen LogP contribution is -2.24. The van der Waals surface area contributed by atoms with E-state index in [9.17, 15) is 4.79 Å². The van der Waals surface area contributed by atoms with Gasteiger partial charge in [-0.05, 0) is 19.1 Å². The summed E-state index contributed by atoms with van der Waals surface area (Å²) >= 11 is 3.10. The quantitative estimate of drug-likeness (QED) is 0.537. The van der Waals surface area contributed by atoms with Gasteiger partial charge in [0.15, 0.2) is 0 Å². The van der Waals surface area contributed by atoms with E-state index in [4.69, 9.17) is 5.73 Å². The van der Waals surface area contributed by atoms with E-state index in [0.717, 1.165) is 35.8 Å². The van der Waals surface area contributed by atoms with Gasteiger partial charge >= 0.3 is 0 Å². The molecule has 118 valence electrons. The van der Waals surface area contributed by atoms with Crippen molar-refractivity contribution in [2.24, 2.45) is 0 Å². The van der Waals surface area contributed by atoms with E-state index in [2.05, 4.69) is 30.6 Å². The third-order valence-corrected chi connectivity index (χ3v) is 5.19. The molecule has 0 aliphatic carbocycles. The third kappa shape index (κ3) is 4.41. The highest BCUT2D eigenvalue weighted by molar-refractivity contribution is 7.99. The molecule has 0 fully saturated rings. The van der Waals surface area contributed by atoms with Crippen molar-refractivity contribution in [2.75, 3.05) is 36.5 Å². The van der Waals surface area contributed by atoms with Crippen LogP contribution in [0.4, 0.5) is 10.7 Å². The Morgan fingerprint density at radius 1 is 1.43 bits per heavy atom. The van der Waals surface area contributed by atoms with E-state index < -0.39 is 0 Å². The lowest BCUT2D eigenvalue weighted by atomic mass is 10.3. The number of thioether (sulfide) groups is 1. The third-order valence-electron chi connectivity index (χ3n) is 2.97. The van der Waals surface area contributed by atoms with Crippen molar-refractivity contribution in [3.05, 3.63) is 17.5 Å². The highest BCUT2D eigenvalue weighted by Gasteiger charge is 2.23. The minimum absolute atomic E-state index is 0.119. The average Bonchev–Trinajstić information content (AvgIpc) is 2.81. The summed E-state index contributed by atoms with van der Waals surface area (Å²) in [7, 11) is 0. The molecule has 0 aliphatic heterocycles. The molecule has 0 aromatic carbocycles. The van der Waals surface area contributed by atoms with Crippen LogP contribution in [0.15, 0.2) is 17.6 Å². The van der Waals surface area contributed by atoms with Crippen molar-refractivity contribution in [2.45, 2.75) is 31.6 Å². The Bertz CT molecular complexity index is 480. The monoisotopic (exact) mass is 327 g/mol. The first kappa shape index (κ1) is 17.9. The van der Waals surface area contributed by atoms with Gasteiger partial charge in [0, 0.05) is 19.6 Å². The van der Waals surface area contributed by atoms with Crippen LogP contribution in [0.5, 0.6) is 0 Å². The molecular formula is C15H25N3OS2. The molecule has 0 spiro atoms. The smallest absolute Gasteiger partial charge is 0.263 e. The van der Waals surface area contributed by atoms with Gasteiger partial charge in [-0.15, -0.1) is 29.7 Å². The predicted molar refractivity (Wildman–Crippen MR) is 95.8 cm³/mol. The Morgan fingerprint density at radius 2 is 2.05 bits per heavy atom. The number of thiophene rings is 1. The first-order valence-corrected chi connectivity index (χ1v) is 9.24. The second kappa shape index (κ2) is 9.00. The Morgan fingerprint density at radius 3 is 2.52 bits per heavy atom. The van der Waals surface area contributed by atoms with Crippen LogP contribution in [-0.2, 0) is 0 Å². The van der Waals surface area contributed by atoms with Crippen molar-refractivity contribution in [1.29, 1.82) is 0 Å². The Hall–Kier alpha value is -1.14. The SMILES string of the molecule is C=CCNC(=O)c1sc(N(CCC)CCC)c(SC)c1N. The van der Waals surface area contributed by atoms with Gasteiger partial charge in [-0.25, -0.2) is 0 Å². The van der Waals surface area contributed by atoms with Gasteiger partial charge in [0.1, 0.15) is 9.88 Å². The van der Waals surface area contributed by atoms with Crippen molar-refractivity contribution in [3.8, 4) is 0 Å². The normalized spacial score (nSPS) is 10.4. The molecule has 21 heavy (non-hydrogen) atoms. The van der Waals surface area contributed by atoms with Crippen LogP contribution in [0.1, 0.15) is 36.4 Å². The molecule has 4 nitrogen and oxygen atoms in total. The van der Waals surface area contributed by atoms with Crippen LogP contribution in [0, 0.1) is 0 Å². The van der Waals surface area contributed by atoms with Gasteiger partial charge < -0.3 is 16.0 Å². The van der Waals surface area contributed by atoms with E-state index in [1.165, 1.54) is 11.3 Å². The zero-order chi connectivity index (χ0) is 15.8. The topological polar surface area (TPSA) is 58.4 Å². The van der Waals surface area contributed by atoms with E-state index in [1.54, 1.807) is 17.8 Å². The number of rotatable bonds is 9. The number of carbonyl (C=O) groups is 1. The van der Waals surface area contributed by atoms with Crippen molar-refractivity contribution >= 4 is 39.7 Å². The summed E-state index contributed by atoms with van der Waals surface area (Å²) in [5.41, 5.74) is 6.79. The molecule has 0 saturated heterocycles. The molecule has 1 heterocycles. The highest BCUT2D eigenvalue weighted by Crippen LogP contribution is 2.43. The molecule has 0 atom stereocenters. The summed E-state index contributed by atoms with van der Waals surface area (Å²) in [4.78, 5) is 16.1. The van der Waals surface area contributed by atoms with E-state index in [0.29, 0.717) is 17.1 Å². The highest BCUT2D eigenvalue weighted by atomic mass is 32.2. The molecule has 0 aliphatic rings. The number of hydrogen-bond donors (Lipinski definition) is 2. The van der Waals surface area contributed by atoms with Crippen LogP contribution in [-0.4, -0.2) is 31.8 Å². The molecule has 0 unspecified atom stereocenters. The summed E-state index contributed by atoms with van der Waals surface area (Å²) in [5, 5.41) is 3.92. The predicted octanol–water partition coefficient (Wildman–Crippen LogP) is 3.59. The molecule has 0 saturated carbocycles. The molecule has 1 rings (SSSR count). The molecule has 1 aromatic heterocycles. The minimum Gasteiger partial charge on any atom is -0.396 e. The van der Waals surface area contributed by atoms with Gasteiger partial charge in [-0.3, -0.25) is 4.79 Å². The number of nitrogens with two attached hydrogens (primary N) is 1. The molecule has 1 aromatic rings. The van der Waals surface area contributed by atoms with E-state index in [1.807, 2.05) is 6.26 Å². The van der Waals surface area contributed by atoms with Crippen LogP contribution in [0.3, 0.4) is 0 Å². The van der Waals surface area contributed by atoms with E-state index in [-0.39, 0.29) is 5.91 Å². The first-order chi connectivity index (χ1) is 10.1. The maximum atomic E-state index is 12.2. The summed E-state index contributed by atoms with van der Waals surface area (Å²) in [6.45, 7) is 10.3. The van der Waals surface area contributed by atoms with Crippen molar-refractivity contribution in [1.82, 2.24) is 5.32 Å². The van der Waals surface area contributed by atoms with E-state index >= 15 is 0 Å².